The molecule has 3 aromatic rings. The van der Waals surface area contributed by atoms with Gasteiger partial charge in [-0.25, -0.2) is 4.79 Å². The number of benzene rings is 3. The molecular formula is C77H114N16O23. The number of amides is 14. The van der Waals surface area contributed by atoms with Gasteiger partial charge in [0.2, 0.25) is 82.7 Å². The molecule has 640 valence electrons. The molecule has 0 radical (unpaired) electrons. The minimum absolute atomic E-state index is 0.0164. The summed E-state index contributed by atoms with van der Waals surface area (Å²) in [7, 11) is 0. The highest BCUT2D eigenvalue weighted by atomic mass is 16.4. The van der Waals surface area contributed by atoms with Gasteiger partial charge >= 0.3 is 11.9 Å². The third kappa shape index (κ3) is 32.5. The molecular weight excluding hydrogens is 1520 g/mol. The fourth-order valence-corrected chi connectivity index (χ4v) is 12.5. The Morgan fingerprint density at radius 3 is 1.28 bits per heavy atom. The zero-order valence-corrected chi connectivity index (χ0v) is 66.3. The van der Waals surface area contributed by atoms with Crippen LogP contribution in [0.3, 0.4) is 0 Å². The number of nitrogens with zero attached hydrogens (tertiary/aromatic N) is 1. The quantitative estimate of drug-likeness (QED) is 0.0236. The van der Waals surface area contributed by atoms with Gasteiger partial charge in [0.05, 0.1) is 31.8 Å². The smallest absolute Gasteiger partial charge is 0.328 e. The van der Waals surface area contributed by atoms with Crippen LogP contribution in [0.5, 0.6) is 11.5 Å². The highest BCUT2D eigenvalue weighted by Gasteiger charge is 2.43. The van der Waals surface area contributed by atoms with E-state index < -0.39 is 230 Å². The van der Waals surface area contributed by atoms with Gasteiger partial charge in [0.1, 0.15) is 84.0 Å². The highest BCUT2D eigenvalue weighted by Crippen LogP contribution is 2.23. The monoisotopic (exact) mass is 1630 g/mol. The number of phenolic OH excluding ortho intramolecular Hbond substituents is 2. The predicted octanol–water partition coefficient (Wildman–Crippen LogP) is -4.65. The number of aliphatic hydroxyl groups excluding tert-OH is 3. The van der Waals surface area contributed by atoms with Crippen molar-refractivity contribution in [3.05, 3.63) is 95.6 Å². The first-order valence-corrected chi connectivity index (χ1v) is 38.3. The number of nitrogens with two attached hydrogens (primary N) is 3. The number of aliphatic hydroxyl groups is 3. The van der Waals surface area contributed by atoms with Crippen LogP contribution in [0.15, 0.2) is 78.9 Å². The van der Waals surface area contributed by atoms with Crippen LogP contribution in [-0.4, -0.2) is 252 Å². The van der Waals surface area contributed by atoms with Gasteiger partial charge in [-0.3, -0.25) is 71.9 Å². The number of carboxylic acid groups (broad SMARTS) is 2. The standard InChI is InChI=1S/C77H114N16O23/c1-39(2)31-51(67(105)85-52(32-40(3)4)72(110)92-64(43(8)96)77(115)116)84-71(109)56(36-59(80)99)88-74(112)58-18-14-30-93(58)76(114)62(41(5)6)90-75(113)63(42(7)95)91-66(104)50(27-28-61(101)102)83-70(108)55(35-46-21-25-48(98)26-22-46)86-65(103)49(17-12-13-29-78)82-69(107)54(33-44-15-10-9-11-16-44)87-73(111)57(38-94)89-68(106)53(81-60(100)37-79)34-45-19-23-47(97)24-20-45/h9-11,15-16,19-26,39-43,49-58,62-64,94-98H,12-14,17-18,27-38,78-79H2,1-8H3,(H2,80,99)(H,81,100)(H,82,107)(H,83,108)(H,84,109)(H,85,105)(H,86,103)(H,87,111)(H,88,112)(H,89,106)(H,90,113)(H,91,104)(H,92,110)(H,101,102)(H,115,116)/t42-,43-,49+,50+,51+,52+,53+,54+,55+,56+,57+,58+,62+,63+,64+/m1/s1. The Morgan fingerprint density at radius 2 is 0.845 bits per heavy atom. The van der Waals surface area contributed by atoms with Crippen LogP contribution in [0.25, 0.3) is 0 Å². The average Bonchev–Trinajstić information content (AvgIpc) is 1.63. The largest absolute Gasteiger partial charge is 0.508 e. The lowest BCUT2D eigenvalue weighted by molar-refractivity contribution is -0.145. The van der Waals surface area contributed by atoms with Crippen molar-refractivity contribution in [3.63, 3.8) is 0 Å². The van der Waals surface area contributed by atoms with E-state index in [4.69, 9.17) is 17.2 Å². The fraction of sp³-hybridized carbons (Fsp3) is 0.558. The second kappa shape index (κ2) is 48.1. The molecule has 1 fully saturated rings. The van der Waals surface area contributed by atoms with Crippen molar-refractivity contribution >= 4 is 94.6 Å². The first-order chi connectivity index (χ1) is 54.7. The Kier molecular flexibility index (Phi) is 40.2. The molecule has 0 spiro atoms. The molecule has 1 saturated heterocycles. The molecule has 1 aliphatic heterocycles. The SMILES string of the molecule is CC(C)C[C@H](NC(=O)[C@H](CC(N)=O)NC(=O)[C@@H]1CCCN1C(=O)[C@@H](NC(=O)[C@@H](NC(=O)[C@H](CCC(=O)O)NC(=O)[C@H](Cc1ccc(O)cc1)NC(=O)[C@H](CCCCN)NC(=O)[C@H](Cc1ccccc1)NC(=O)[C@H](CO)NC(=O)[C@H](Cc1ccc(O)cc1)NC(=O)CN)[C@@H](C)O)C(C)C)C(=O)N[C@@H](CC(C)C)C(=O)N[C@H](C(=O)O)[C@@H](C)O. The predicted molar refractivity (Wildman–Crippen MR) is 416 cm³/mol. The summed E-state index contributed by atoms with van der Waals surface area (Å²) in [5.41, 5.74) is 18.2. The lowest BCUT2D eigenvalue weighted by atomic mass is 9.99. The summed E-state index contributed by atoms with van der Waals surface area (Å²) < 4.78 is 0. The first-order valence-electron chi connectivity index (χ1n) is 38.3. The van der Waals surface area contributed by atoms with Crippen LogP contribution in [0, 0.1) is 17.8 Å². The van der Waals surface area contributed by atoms with Crippen molar-refractivity contribution in [2.75, 3.05) is 26.2 Å². The van der Waals surface area contributed by atoms with Crippen LogP contribution in [0.2, 0.25) is 0 Å². The highest BCUT2D eigenvalue weighted by molar-refractivity contribution is 6.01. The number of carbonyl (C=O) groups is 16. The summed E-state index contributed by atoms with van der Waals surface area (Å²) in [6.45, 7) is 10.6. The normalized spacial score (nSPS) is 16.2. The number of carboxylic acids is 2. The number of rotatable bonds is 49. The fourth-order valence-electron chi connectivity index (χ4n) is 12.5. The summed E-state index contributed by atoms with van der Waals surface area (Å²) in [6, 6.07) is -1.90. The number of aromatic hydroxyl groups is 2. The molecule has 14 amide bonds. The molecule has 0 aromatic heterocycles. The van der Waals surface area contributed by atoms with Crippen molar-refractivity contribution in [1.29, 1.82) is 0 Å². The zero-order valence-electron chi connectivity index (χ0n) is 66.3. The van der Waals surface area contributed by atoms with E-state index in [0.717, 1.165) is 18.7 Å². The second-order valence-electron chi connectivity index (χ2n) is 29.8. The zero-order chi connectivity index (χ0) is 86.8. The number of nitrogens with one attached hydrogen (secondary N) is 12. The van der Waals surface area contributed by atoms with E-state index in [1.807, 2.05) is 0 Å². The molecule has 0 bridgehead atoms. The molecule has 0 saturated carbocycles. The third-order valence-electron chi connectivity index (χ3n) is 18.7. The van der Waals surface area contributed by atoms with Crippen LogP contribution in [0.4, 0.5) is 0 Å². The van der Waals surface area contributed by atoms with E-state index >= 15 is 0 Å². The number of unbranched alkanes of at least 4 members (excludes halogenated alkanes) is 1. The maximum Gasteiger partial charge on any atom is 0.328 e. The Hall–Kier alpha value is -11.4. The van der Waals surface area contributed by atoms with Gasteiger partial charge in [-0.05, 0) is 130 Å². The van der Waals surface area contributed by atoms with Crippen LogP contribution in [0.1, 0.15) is 136 Å². The number of hydrogen-bond donors (Lipinski definition) is 22. The van der Waals surface area contributed by atoms with Gasteiger partial charge in [0.25, 0.3) is 0 Å². The minimum Gasteiger partial charge on any atom is -0.508 e. The third-order valence-corrected chi connectivity index (χ3v) is 18.7. The van der Waals surface area contributed by atoms with E-state index in [9.17, 15) is 112 Å². The molecule has 3 aromatic carbocycles. The molecule has 1 aliphatic rings. The van der Waals surface area contributed by atoms with Gasteiger partial charge < -0.3 is 122 Å². The molecule has 25 N–H and O–H groups in total. The van der Waals surface area contributed by atoms with Gasteiger partial charge in [-0.1, -0.05) is 96.1 Å². The number of hydrogen-bond acceptors (Lipinski definition) is 23. The maximum atomic E-state index is 14.8. The second-order valence-corrected chi connectivity index (χ2v) is 29.8. The van der Waals surface area contributed by atoms with Gasteiger partial charge in [0, 0.05) is 32.2 Å². The summed E-state index contributed by atoms with van der Waals surface area (Å²) in [5, 5.41) is 101. The first kappa shape index (κ1) is 96.9. The van der Waals surface area contributed by atoms with Crippen molar-refractivity contribution in [2.45, 2.75) is 230 Å². The molecule has 1 heterocycles. The molecule has 0 unspecified atom stereocenters. The van der Waals surface area contributed by atoms with E-state index in [1.54, 1.807) is 58.0 Å². The maximum absolute atomic E-state index is 14.8. The van der Waals surface area contributed by atoms with Crippen molar-refractivity contribution in [2.24, 2.45) is 35.0 Å². The molecule has 116 heavy (non-hydrogen) atoms. The summed E-state index contributed by atoms with van der Waals surface area (Å²) in [6.07, 6.45) is -6.08. The van der Waals surface area contributed by atoms with Crippen LogP contribution >= 0.6 is 0 Å². The van der Waals surface area contributed by atoms with Gasteiger partial charge in [0.15, 0.2) is 6.04 Å². The van der Waals surface area contributed by atoms with E-state index in [1.165, 1.54) is 62.4 Å². The Morgan fingerprint density at radius 1 is 0.448 bits per heavy atom. The number of phenols is 2. The molecule has 4 rings (SSSR count). The minimum atomic E-state index is -1.98. The van der Waals surface area contributed by atoms with E-state index in [2.05, 4.69) is 63.8 Å². The van der Waals surface area contributed by atoms with Crippen LogP contribution in [-0.2, 0) is 96.0 Å². The molecule has 15 atom stereocenters. The Labute approximate surface area is 671 Å². The summed E-state index contributed by atoms with van der Waals surface area (Å²) >= 11 is 0. The topological polar surface area (TPSA) is 640 Å². The number of primary amides is 1. The van der Waals surface area contributed by atoms with E-state index in [-0.39, 0.29) is 87.8 Å². The van der Waals surface area contributed by atoms with Crippen molar-refractivity contribution in [1.82, 2.24) is 68.7 Å². The number of carbonyl (C=O) groups excluding carboxylic acids is 14. The lowest BCUT2D eigenvalue weighted by Gasteiger charge is -2.33. The summed E-state index contributed by atoms with van der Waals surface area (Å²) in [5.74, 6) is -19.0. The van der Waals surface area contributed by atoms with E-state index in [0.29, 0.717) is 23.1 Å². The van der Waals surface area contributed by atoms with Gasteiger partial charge in [-0.2, -0.15) is 0 Å². The van der Waals surface area contributed by atoms with Gasteiger partial charge in [-0.15, -0.1) is 0 Å². The lowest BCUT2D eigenvalue weighted by Crippen LogP contribution is -2.63. The van der Waals surface area contributed by atoms with Crippen LogP contribution < -0.4 is 81.0 Å². The molecule has 39 heteroatoms. The number of likely N-dealkylation sites (tertiary alicyclic amines) is 1. The number of aliphatic carboxylic acids is 2. The Balaban J connectivity index is 1.61. The van der Waals surface area contributed by atoms with Crippen molar-refractivity contribution < 1.29 is 112 Å². The molecule has 39 nitrogen and oxygen atoms in total. The average molecular weight is 1630 g/mol. The summed E-state index contributed by atoms with van der Waals surface area (Å²) in [4.78, 5) is 222. The molecule has 0 aliphatic carbocycles. The Bertz CT molecular complexity index is 3850. The van der Waals surface area contributed by atoms with Crippen molar-refractivity contribution in [3.8, 4) is 11.5 Å².